The molecule has 2 heterocycles. The molecule has 0 bridgehead atoms. The molecule has 0 fully saturated rings. The van der Waals surface area contributed by atoms with E-state index in [0.717, 1.165) is 29.4 Å². The van der Waals surface area contributed by atoms with Crippen molar-refractivity contribution in [1.29, 1.82) is 0 Å². The summed E-state index contributed by atoms with van der Waals surface area (Å²) in [7, 11) is 1.62. The summed E-state index contributed by atoms with van der Waals surface area (Å²) < 4.78 is 5.17. The lowest BCUT2D eigenvalue weighted by Gasteiger charge is -2.19. The first-order chi connectivity index (χ1) is 10.6. The van der Waals surface area contributed by atoms with E-state index in [-0.39, 0.29) is 5.91 Å². The highest BCUT2D eigenvalue weighted by Crippen LogP contribution is 2.32. The Bertz CT molecular complexity index is 670. The van der Waals surface area contributed by atoms with Crippen LogP contribution in [0.2, 0.25) is 0 Å². The lowest BCUT2D eigenvalue weighted by Crippen LogP contribution is -2.24. The van der Waals surface area contributed by atoms with Crippen LogP contribution in [-0.2, 0) is 13.1 Å². The molecule has 1 aliphatic rings. The normalized spacial score (nSPS) is 14.2. The summed E-state index contributed by atoms with van der Waals surface area (Å²) in [5.74, 6) is 0.683. The molecule has 22 heavy (non-hydrogen) atoms. The van der Waals surface area contributed by atoms with Crippen LogP contribution in [0, 0.1) is 0 Å². The van der Waals surface area contributed by atoms with E-state index in [9.17, 15) is 4.79 Å². The topological polar surface area (TPSA) is 41.6 Å². The highest BCUT2D eigenvalue weighted by molar-refractivity contribution is 7.14. The van der Waals surface area contributed by atoms with Gasteiger partial charge in [-0.1, -0.05) is 6.07 Å². The molecule has 1 N–H and O–H groups in total. The molecule has 1 amide bonds. The minimum atomic E-state index is -0.0521. The predicted molar refractivity (Wildman–Crippen MR) is 89.6 cm³/mol. The lowest BCUT2D eigenvalue weighted by molar-refractivity contribution is 0.103. The van der Waals surface area contributed by atoms with Crippen molar-refractivity contribution in [2.45, 2.75) is 33.0 Å². The SMILES string of the molecule is COc1cccc(NC(=O)c2cc3c(s2)CN(C(C)C)C3)c1. The first kappa shape index (κ1) is 15.1. The number of carbonyl (C=O) groups excluding carboxylic acids is 1. The van der Waals surface area contributed by atoms with Gasteiger partial charge in [0.15, 0.2) is 0 Å². The number of amides is 1. The van der Waals surface area contributed by atoms with E-state index in [1.807, 2.05) is 30.3 Å². The van der Waals surface area contributed by atoms with Crippen LogP contribution in [0.4, 0.5) is 5.69 Å². The second kappa shape index (κ2) is 6.10. The van der Waals surface area contributed by atoms with Crippen molar-refractivity contribution < 1.29 is 9.53 Å². The minimum Gasteiger partial charge on any atom is -0.497 e. The number of hydrogen-bond donors (Lipinski definition) is 1. The zero-order valence-electron chi connectivity index (χ0n) is 13.1. The molecule has 3 rings (SSSR count). The van der Waals surface area contributed by atoms with Crippen molar-refractivity contribution in [3.8, 4) is 5.75 Å². The van der Waals surface area contributed by atoms with E-state index >= 15 is 0 Å². The summed E-state index contributed by atoms with van der Waals surface area (Å²) in [6.45, 7) is 6.29. The summed E-state index contributed by atoms with van der Waals surface area (Å²) in [6.07, 6.45) is 0. The van der Waals surface area contributed by atoms with Gasteiger partial charge in [0.1, 0.15) is 5.75 Å². The number of fused-ring (bicyclic) bond motifs is 1. The van der Waals surface area contributed by atoms with Gasteiger partial charge in [0.25, 0.3) is 5.91 Å². The van der Waals surface area contributed by atoms with Crippen molar-refractivity contribution >= 4 is 22.9 Å². The Hall–Kier alpha value is -1.85. The Morgan fingerprint density at radius 1 is 1.32 bits per heavy atom. The maximum Gasteiger partial charge on any atom is 0.265 e. The van der Waals surface area contributed by atoms with E-state index in [1.54, 1.807) is 18.4 Å². The van der Waals surface area contributed by atoms with Gasteiger partial charge in [-0.15, -0.1) is 11.3 Å². The Morgan fingerprint density at radius 2 is 2.14 bits per heavy atom. The molecule has 0 saturated heterocycles. The van der Waals surface area contributed by atoms with E-state index in [4.69, 9.17) is 4.74 Å². The molecule has 116 valence electrons. The molecule has 0 unspecified atom stereocenters. The quantitative estimate of drug-likeness (QED) is 0.934. The Kier molecular flexibility index (Phi) is 4.18. The fraction of sp³-hybridized carbons (Fsp3) is 0.353. The van der Waals surface area contributed by atoms with Gasteiger partial charge in [-0.25, -0.2) is 0 Å². The van der Waals surface area contributed by atoms with E-state index in [2.05, 4.69) is 24.1 Å². The smallest absolute Gasteiger partial charge is 0.265 e. The van der Waals surface area contributed by atoms with Gasteiger partial charge in [-0.05, 0) is 37.6 Å². The highest BCUT2D eigenvalue weighted by atomic mass is 32.1. The molecule has 5 heteroatoms. The minimum absolute atomic E-state index is 0.0521. The third-order valence-corrected chi connectivity index (χ3v) is 5.06. The Morgan fingerprint density at radius 3 is 2.82 bits per heavy atom. The van der Waals surface area contributed by atoms with Crippen molar-refractivity contribution in [2.24, 2.45) is 0 Å². The van der Waals surface area contributed by atoms with Crippen LogP contribution in [-0.4, -0.2) is 24.0 Å². The summed E-state index contributed by atoms with van der Waals surface area (Å²) in [6, 6.07) is 9.97. The molecule has 0 saturated carbocycles. The number of carbonyl (C=O) groups is 1. The van der Waals surface area contributed by atoms with Gasteiger partial charge in [-0.3, -0.25) is 9.69 Å². The van der Waals surface area contributed by atoms with E-state index in [0.29, 0.717) is 6.04 Å². The maximum absolute atomic E-state index is 12.4. The molecule has 0 radical (unpaired) electrons. The van der Waals surface area contributed by atoms with Gasteiger partial charge in [0, 0.05) is 35.8 Å². The molecule has 0 atom stereocenters. The first-order valence-corrected chi connectivity index (χ1v) is 8.19. The summed E-state index contributed by atoms with van der Waals surface area (Å²) >= 11 is 1.60. The summed E-state index contributed by atoms with van der Waals surface area (Å²) in [5.41, 5.74) is 2.04. The van der Waals surface area contributed by atoms with Crippen molar-refractivity contribution in [2.75, 3.05) is 12.4 Å². The molecular formula is C17H20N2O2S. The van der Waals surface area contributed by atoms with Crippen LogP contribution >= 0.6 is 11.3 Å². The van der Waals surface area contributed by atoms with Gasteiger partial charge in [0.05, 0.1) is 12.0 Å². The van der Waals surface area contributed by atoms with Gasteiger partial charge >= 0.3 is 0 Å². The van der Waals surface area contributed by atoms with Gasteiger partial charge in [-0.2, -0.15) is 0 Å². The van der Waals surface area contributed by atoms with Gasteiger partial charge < -0.3 is 10.1 Å². The fourth-order valence-corrected chi connectivity index (χ4v) is 3.66. The van der Waals surface area contributed by atoms with Crippen LogP contribution in [0.15, 0.2) is 30.3 Å². The van der Waals surface area contributed by atoms with E-state index < -0.39 is 0 Å². The second-order valence-electron chi connectivity index (χ2n) is 5.74. The summed E-state index contributed by atoms with van der Waals surface area (Å²) in [5, 5.41) is 2.93. The van der Waals surface area contributed by atoms with Crippen LogP contribution in [0.1, 0.15) is 34.0 Å². The largest absolute Gasteiger partial charge is 0.497 e. The Balaban J connectivity index is 1.71. The number of hydrogen-bond acceptors (Lipinski definition) is 4. The number of thiophene rings is 1. The van der Waals surface area contributed by atoms with Gasteiger partial charge in [0.2, 0.25) is 0 Å². The Labute approximate surface area is 134 Å². The molecule has 4 nitrogen and oxygen atoms in total. The number of benzene rings is 1. The van der Waals surface area contributed by atoms with E-state index in [1.165, 1.54) is 10.4 Å². The monoisotopic (exact) mass is 316 g/mol. The average molecular weight is 316 g/mol. The number of methoxy groups -OCH3 is 1. The van der Waals surface area contributed by atoms with Crippen LogP contribution in [0.25, 0.3) is 0 Å². The zero-order valence-corrected chi connectivity index (χ0v) is 13.9. The first-order valence-electron chi connectivity index (χ1n) is 7.38. The molecule has 1 aromatic carbocycles. The van der Waals surface area contributed by atoms with Crippen LogP contribution in [0.5, 0.6) is 5.75 Å². The number of nitrogens with one attached hydrogen (secondary N) is 1. The molecule has 1 aromatic heterocycles. The van der Waals surface area contributed by atoms with Crippen molar-refractivity contribution in [3.05, 3.63) is 45.6 Å². The highest BCUT2D eigenvalue weighted by Gasteiger charge is 2.25. The summed E-state index contributed by atoms with van der Waals surface area (Å²) in [4.78, 5) is 16.9. The zero-order chi connectivity index (χ0) is 15.7. The fourth-order valence-electron chi connectivity index (χ4n) is 2.56. The van der Waals surface area contributed by atoms with Crippen molar-refractivity contribution in [3.63, 3.8) is 0 Å². The third-order valence-electron chi connectivity index (χ3n) is 3.90. The molecule has 2 aromatic rings. The number of nitrogens with zero attached hydrogens (tertiary/aromatic N) is 1. The molecule has 0 aliphatic carbocycles. The third kappa shape index (κ3) is 3.00. The number of ether oxygens (including phenoxy) is 1. The van der Waals surface area contributed by atoms with Crippen molar-refractivity contribution in [1.82, 2.24) is 4.90 Å². The standard InChI is InChI=1S/C17H20N2O2S/c1-11(2)19-9-12-7-15(22-16(12)10-19)17(20)18-13-5-4-6-14(8-13)21-3/h4-8,11H,9-10H2,1-3H3,(H,18,20). The number of rotatable bonds is 4. The maximum atomic E-state index is 12.4. The molecular weight excluding hydrogens is 296 g/mol. The molecule has 1 aliphatic heterocycles. The predicted octanol–water partition coefficient (Wildman–Crippen LogP) is 3.73. The van der Waals surface area contributed by atoms with Crippen LogP contribution in [0.3, 0.4) is 0 Å². The lowest BCUT2D eigenvalue weighted by atomic mass is 10.2. The van der Waals surface area contributed by atoms with Crippen LogP contribution < -0.4 is 10.1 Å². The number of anilines is 1. The average Bonchev–Trinajstić information content (AvgIpc) is 3.06. The second-order valence-corrected chi connectivity index (χ2v) is 6.88. The molecule has 0 spiro atoms.